The van der Waals surface area contributed by atoms with Crippen LogP contribution in [0.15, 0.2) is 30.6 Å². The zero-order valence-corrected chi connectivity index (χ0v) is 12.4. The van der Waals surface area contributed by atoms with Gasteiger partial charge in [0.1, 0.15) is 5.82 Å². The van der Waals surface area contributed by atoms with Crippen LogP contribution in [0.2, 0.25) is 0 Å². The fourth-order valence-corrected chi connectivity index (χ4v) is 1.99. The first-order chi connectivity index (χ1) is 9.69. The summed E-state index contributed by atoms with van der Waals surface area (Å²) in [5, 5.41) is 3.35. The SMILES string of the molecule is CCCNc1cc(CC(C)C)nc(-c2ccncc2)n1. The van der Waals surface area contributed by atoms with Crippen LogP contribution in [-0.2, 0) is 6.42 Å². The molecule has 0 aliphatic heterocycles. The fraction of sp³-hybridized carbons (Fsp3) is 0.438. The maximum Gasteiger partial charge on any atom is 0.161 e. The van der Waals surface area contributed by atoms with E-state index in [-0.39, 0.29) is 0 Å². The molecule has 0 amide bonds. The van der Waals surface area contributed by atoms with Crippen LogP contribution in [0.5, 0.6) is 0 Å². The third-order valence-corrected chi connectivity index (χ3v) is 2.89. The molecule has 106 valence electrons. The summed E-state index contributed by atoms with van der Waals surface area (Å²) in [6, 6.07) is 5.94. The standard InChI is InChI=1S/C16H22N4/c1-4-7-18-15-11-14(10-12(2)3)19-16(20-15)13-5-8-17-9-6-13/h5-6,8-9,11-12H,4,7,10H2,1-3H3,(H,18,19,20). The molecule has 2 rings (SSSR count). The van der Waals surface area contributed by atoms with Crippen molar-refractivity contribution in [3.63, 3.8) is 0 Å². The Morgan fingerprint density at radius 1 is 1.15 bits per heavy atom. The minimum atomic E-state index is 0.578. The van der Waals surface area contributed by atoms with Gasteiger partial charge in [0.15, 0.2) is 5.82 Å². The molecule has 20 heavy (non-hydrogen) atoms. The Morgan fingerprint density at radius 3 is 2.55 bits per heavy atom. The quantitative estimate of drug-likeness (QED) is 0.872. The largest absolute Gasteiger partial charge is 0.370 e. The molecule has 0 atom stereocenters. The van der Waals surface area contributed by atoms with Gasteiger partial charge in [-0.2, -0.15) is 0 Å². The van der Waals surface area contributed by atoms with E-state index in [4.69, 9.17) is 0 Å². The highest BCUT2D eigenvalue weighted by atomic mass is 15.0. The van der Waals surface area contributed by atoms with Crippen LogP contribution in [0.3, 0.4) is 0 Å². The predicted molar refractivity (Wildman–Crippen MR) is 82.6 cm³/mol. The fourth-order valence-electron chi connectivity index (χ4n) is 1.99. The zero-order chi connectivity index (χ0) is 14.4. The summed E-state index contributed by atoms with van der Waals surface area (Å²) >= 11 is 0. The maximum atomic E-state index is 4.67. The van der Waals surface area contributed by atoms with Crippen molar-refractivity contribution >= 4 is 5.82 Å². The second-order valence-corrected chi connectivity index (χ2v) is 5.33. The third kappa shape index (κ3) is 4.02. The Bertz CT molecular complexity index is 537. The van der Waals surface area contributed by atoms with Crippen molar-refractivity contribution in [3.8, 4) is 11.4 Å². The first kappa shape index (κ1) is 14.4. The minimum Gasteiger partial charge on any atom is -0.370 e. The Labute approximate surface area is 120 Å². The van der Waals surface area contributed by atoms with Crippen molar-refractivity contribution in [2.45, 2.75) is 33.6 Å². The van der Waals surface area contributed by atoms with Crippen LogP contribution in [0.4, 0.5) is 5.82 Å². The lowest BCUT2D eigenvalue weighted by atomic mass is 10.1. The average Bonchev–Trinajstić information content (AvgIpc) is 2.45. The molecular weight excluding hydrogens is 248 g/mol. The molecule has 0 bridgehead atoms. The number of hydrogen-bond donors (Lipinski definition) is 1. The molecule has 0 saturated carbocycles. The second-order valence-electron chi connectivity index (χ2n) is 5.33. The molecule has 2 heterocycles. The molecule has 0 spiro atoms. The van der Waals surface area contributed by atoms with Crippen LogP contribution in [0, 0.1) is 5.92 Å². The Balaban J connectivity index is 2.34. The zero-order valence-electron chi connectivity index (χ0n) is 12.4. The molecule has 2 aromatic rings. The van der Waals surface area contributed by atoms with Gasteiger partial charge in [0.2, 0.25) is 0 Å². The van der Waals surface area contributed by atoms with Gasteiger partial charge in [-0.05, 0) is 30.9 Å². The van der Waals surface area contributed by atoms with E-state index in [0.717, 1.165) is 42.3 Å². The monoisotopic (exact) mass is 270 g/mol. The highest BCUT2D eigenvalue weighted by Crippen LogP contribution is 2.18. The van der Waals surface area contributed by atoms with E-state index in [9.17, 15) is 0 Å². The number of anilines is 1. The van der Waals surface area contributed by atoms with Gasteiger partial charge in [-0.15, -0.1) is 0 Å². The van der Waals surface area contributed by atoms with Crippen molar-refractivity contribution in [3.05, 3.63) is 36.3 Å². The van der Waals surface area contributed by atoms with E-state index in [1.807, 2.05) is 12.1 Å². The van der Waals surface area contributed by atoms with Gasteiger partial charge in [-0.1, -0.05) is 20.8 Å². The predicted octanol–water partition coefficient (Wildman–Crippen LogP) is 3.56. The third-order valence-electron chi connectivity index (χ3n) is 2.89. The van der Waals surface area contributed by atoms with Gasteiger partial charge in [-0.3, -0.25) is 4.98 Å². The molecule has 0 aliphatic carbocycles. The Morgan fingerprint density at radius 2 is 1.90 bits per heavy atom. The highest BCUT2D eigenvalue weighted by Gasteiger charge is 2.08. The summed E-state index contributed by atoms with van der Waals surface area (Å²) < 4.78 is 0. The first-order valence-electron chi connectivity index (χ1n) is 7.21. The van der Waals surface area contributed by atoms with Crippen LogP contribution in [0.25, 0.3) is 11.4 Å². The molecule has 0 unspecified atom stereocenters. The molecule has 4 nitrogen and oxygen atoms in total. The number of aromatic nitrogens is 3. The number of hydrogen-bond acceptors (Lipinski definition) is 4. The second kappa shape index (κ2) is 6.98. The lowest BCUT2D eigenvalue weighted by Gasteiger charge is -2.11. The van der Waals surface area contributed by atoms with Crippen LogP contribution < -0.4 is 5.32 Å². The number of pyridine rings is 1. The van der Waals surface area contributed by atoms with Crippen molar-refractivity contribution in [2.75, 3.05) is 11.9 Å². The summed E-state index contributed by atoms with van der Waals surface area (Å²) in [6.45, 7) is 7.47. The Hall–Kier alpha value is -1.97. The summed E-state index contributed by atoms with van der Waals surface area (Å²) in [6.07, 6.45) is 5.58. The topological polar surface area (TPSA) is 50.7 Å². The normalized spacial score (nSPS) is 10.8. The van der Waals surface area contributed by atoms with Crippen molar-refractivity contribution in [1.29, 1.82) is 0 Å². The first-order valence-corrected chi connectivity index (χ1v) is 7.21. The van der Waals surface area contributed by atoms with Gasteiger partial charge in [0.05, 0.1) is 0 Å². The molecule has 0 saturated heterocycles. The number of nitrogens with one attached hydrogen (secondary N) is 1. The maximum absolute atomic E-state index is 4.67. The van der Waals surface area contributed by atoms with Crippen molar-refractivity contribution in [1.82, 2.24) is 15.0 Å². The van der Waals surface area contributed by atoms with E-state index >= 15 is 0 Å². The summed E-state index contributed by atoms with van der Waals surface area (Å²) in [4.78, 5) is 13.3. The average molecular weight is 270 g/mol. The van der Waals surface area contributed by atoms with E-state index < -0.39 is 0 Å². The Kier molecular flexibility index (Phi) is 5.04. The number of nitrogens with zero attached hydrogens (tertiary/aromatic N) is 3. The molecular formula is C16H22N4. The van der Waals surface area contributed by atoms with E-state index in [2.05, 4.69) is 47.1 Å². The summed E-state index contributed by atoms with van der Waals surface area (Å²) in [5.74, 6) is 2.25. The smallest absolute Gasteiger partial charge is 0.161 e. The molecule has 0 aromatic carbocycles. The van der Waals surface area contributed by atoms with Gasteiger partial charge in [0.25, 0.3) is 0 Å². The molecule has 1 N–H and O–H groups in total. The lowest BCUT2D eigenvalue weighted by Crippen LogP contribution is -2.07. The van der Waals surface area contributed by atoms with Gasteiger partial charge >= 0.3 is 0 Å². The highest BCUT2D eigenvalue weighted by molar-refractivity contribution is 5.56. The van der Waals surface area contributed by atoms with Crippen LogP contribution >= 0.6 is 0 Å². The summed E-state index contributed by atoms with van der Waals surface area (Å²) in [7, 11) is 0. The van der Waals surface area contributed by atoms with Gasteiger partial charge < -0.3 is 5.32 Å². The molecule has 0 fully saturated rings. The van der Waals surface area contributed by atoms with E-state index in [0.29, 0.717) is 5.92 Å². The molecule has 0 aliphatic rings. The molecule has 0 radical (unpaired) electrons. The van der Waals surface area contributed by atoms with Gasteiger partial charge in [0, 0.05) is 36.3 Å². The number of rotatable bonds is 6. The van der Waals surface area contributed by atoms with E-state index in [1.165, 1.54) is 0 Å². The van der Waals surface area contributed by atoms with E-state index in [1.54, 1.807) is 12.4 Å². The summed E-state index contributed by atoms with van der Waals surface area (Å²) in [5.41, 5.74) is 2.09. The van der Waals surface area contributed by atoms with Crippen LogP contribution in [-0.4, -0.2) is 21.5 Å². The van der Waals surface area contributed by atoms with Crippen LogP contribution in [0.1, 0.15) is 32.9 Å². The molecule has 2 aromatic heterocycles. The van der Waals surface area contributed by atoms with Crippen molar-refractivity contribution in [2.24, 2.45) is 5.92 Å². The van der Waals surface area contributed by atoms with Crippen molar-refractivity contribution < 1.29 is 0 Å². The minimum absolute atomic E-state index is 0.578. The lowest BCUT2D eigenvalue weighted by molar-refractivity contribution is 0.635. The van der Waals surface area contributed by atoms with Gasteiger partial charge in [-0.25, -0.2) is 9.97 Å². The molecule has 4 heteroatoms.